The third-order valence-corrected chi connectivity index (χ3v) is 3.09. The fraction of sp³-hybridized carbons (Fsp3) is 0.917. The minimum atomic E-state index is -0.578. The number of carbonyl (C=O) groups excluding carboxylic acids is 1. The maximum absolute atomic E-state index is 11.4. The van der Waals surface area contributed by atoms with Gasteiger partial charge in [0.2, 0.25) is 0 Å². The van der Waals surface area contributed by atoms with Crippen LogP contribution in [0.5, 0.6) is 0 Å². The molecule has 5 heteroatoms. The van der Waals surface area contributed by atoms with E-state index < -0.39 is 6.16 Å². The molecule has 5 nitrogen and oxygen atoms in total. The van der Waals surface area contributed by atoms with Crippen LogP contribution in [-0.4, -0.2) is 44.8 Å². The standard InChI is InChI=1S/C12H20O5/c13-12(17-10-4-7-14-8-5-10)16-9-11-3-1-2-6-15-11/h10-11H,1-9H2. The number of ether oxygens (including phenoxy) is 4. The van der Waals surface area contributed by atoms with E-state index in [0.717, 1.165) is 38.7 Å². The zero-order chi connectivity index (χ0) is 11.9. The molecule has 0 aliphatic carbocycles. The molecule has 98 valence electrons. The van der Waals surface area contributed by atoms with E-state index in [1.807, 2.05) is 0 Å². The van der Waals surface area contributed by atoms with Gasteiger partial charge < -0.3 is 18.9 Å². The van der Waals surface area contributed by atoms with E-state index in [2.05, 4.69) is 0 Å². The lowest BCUT2D eigenvalue weighted by atomic mass is 10.1. The maximum Gasteiger partial charge on any atom is 0.508 e. The molecular weight excluding hydrogens is 224 g/mol. The summed E-state index contributed by atoms with van der Waals surface area (Å²) in [6.07, 6.45) is 4.14. The van der Waals surface area contributed by atoms with Gasteiger partial charge in [0.25, 0.3) is 0 Å². The summed E-state index contributed by atoms with van der Waals surface area (Å²) in [5.74, 6) is 0. The Hall–Kier alpha value is -0.810. The van der Waals surface area contributed by atoms with Crippen molar-refractivity contribution in [1.29, 1.82) is 0 Å². The van der Waals surface area contributed by atoms with Crippen molar-refractivity contribution < 1.29 is 23.7 Å². The minimum absolute atomic E-state index is 0.0472. The molecule has 2 saturated heterocycles. The summed E-state index contributed by atoms with van der Waals surface area (Å²) in [7, 11) is 0. The molecule has 2 aliphatic heterocycles. The summed E-state index contributed by atoms with van der Waals surface area (Å²) in [6.45, 7) is 2.39. The Bertz CT molecular complexity index is 231. The Kier molecular flexibility index (Phi) is 5.07. The monoisotopic (exact) mass is 244 g/mol. The second kappa shape index (κ2) is 6.81. The Morgan fingerprint density at radius 2 is 1.94 bits per heavy atom. The van der Waals surface area contributed by atoms with Gasteiger partial charge in [-0.15, -0.1) is 0 Å². The van der Waals surface area contributed by atoms with Gasteiger partial charge >= 0.3 is 6.16 Å². The van der Waals surface area contributed by atoms with Crippen LogP contribution in [0.25, 0.3) is 0 Å². The van der Waals surface area contributed by atoms with Crippen molar-refractivity contribution in [2.45, 2.75) is 44.3 Å². The Balaban J connectivity index is 1.59. The van der Waals surface area contributed by atoms with Crippen LogP contribution >= 0.6 is 0 Å². The van der Waals surface area contributed by atoms with Gasteiger partial charge in [0.15, 0.2) is 0 Å². The normalized spacial score (nSPS) is 26.5. The van der Waals surface area contributed by atoms with Crippen LogP contribution in [0.15, 0.2) is 0 Å². The van der Waals surface area contributed by atoms with Gasteiger partial charge in [0.1, 0.15) is 12.7 Å². The third kappa shape index (κ3) is 4.52. The number of rotatable bonds is 3. The van der Waals surface area contributed by atoms with Crippen molar-refractivity contribution >= 4 is 6.16 Å². The Morgan fingerprint density at radius 1 is 1.12 bits per heavy atom. The highest BCUT2D eigenvalue weighted by Gasteiger charge is 2.21. The summed E-state index contributed by atoms with van der Waals surface area (Å²) < 4.78 is 20.9. The maximum atomic E-state index is 11.4. The quantitative estimate of drug-likeness (QED) is 0.709. The summed E-state index contributed by atoms with van der Waals surface area (Å²) in [5.41, 5.74) is 0. The number of hydrogen-bond donors (Lipinski definition) is 0. The molecule has 1 atom stereocenters. The van der Waals surface area contributed by atoms with Gasteiger partial charge in [-0.3, -0.25) is 0 Å². The molecule has 0 aromatic rings. The van der Waals surface area contributed by atoms with Crippen LogP contribution in [-0.2, 0) is 18.9 Å². The molecule has 0 N–H and O–H groups in total. The van der Waals surface area contributed by atoms with Crippen LogP contribution in [0, 0.1) is 0 Å². The number of hydrogen-bond acceptors (Lipinski definition) is 5. The van der Waals surface area contributed by atoms with Gasteiger partial charge in [0, 0.05) is 19.4 Å². The van der Waals surface area contributed by atoms with Crippen molar-refractivity contribution in [3.63, 3.8) is 0 Å². The first-order chi connectivity index (χ1) is 8.34. The van der Waals surface area contributed by atoms with Gasteiger partial charge in [-0.2, -0.15) is 0 Å². The highest BCUT2D eigenvalue weighted by atomic mass is 16.7. The molecule has 1 unspecified atom stereocenters. The zero-order valence-electron chi connectivity index (χ0n) is 10.1. The fourth-order valence-electron chi connectivity index (χ4n) is 2.06. The lowest BCUT2D eigenvalue weighted by Gasteiger charge is -2.24. The molecule has 0 aromatic heterocycles. The average Bonchev–Trinajstić information content (AvgIpc) is 2.39. The van der Waals surface area contributed by atoms with Gasteiger partial charge in [0.05, 0.1) is 19.3 Å². The predicted octanol–water partition coefficient (Wildman–Crippen LogP) is 1.89. The second-order valence-corrected chi connectivity index (χ2v) is 4.48. The first-order valence-electron chi connectivity index (χ1n) is 6.37. The SMILES string of the molecule is O=C(OCC1CCCCO1)OC1CCOCC1. The van der Waals surface area contributed by atoms with E-state index in [9.17, 15) is 4.79 Å². The molecule has 2 fully saturated rings. The zero-order valence-corrected chi connectivity index (χ0v) is 10.1. The lowest BCUT2D eigenvalue weighted by Crippen LogP contribution is -2.29. The molecule has 2 heterocycles. The first-order valence-corrected chi connectivity index (χ1v) is 6.37. The van der Waals surface area contributed by atoms with Crippen LogP contribution < -0.4 is 0 Å². The van der Waals surface area contributed by atoms with Crippen LogP contribution in [0.1, 0.15) is 32.1 Å². The highest BCUT2D eigenvalue weighted by molar-refractivity contribution is 5.60. The lowest BCUT2D eigenvalue weighted by molar-refractivity contribution is -0.0580. The van der Waals surface area contributed by atoms with E-state index >= 15 is 0 Å². The molecule has 0 bridgehead atoms. The third-order valence-electron chi connectivity index (χ3n) is 3.09. The molecule has 2 aliphatic rings. The molecule has 0 spiro atoms. The summed E-state index contributed by atoms with van der Waals surface area (Å²) in [5, 5.41) is 0. The Labute approximate surface area is 101 Å². The first kappa shape index (κ1) is 12.6. The summed E-state index contributed by atoms with van der Waals surface area (Å²) >= 11 is 0. The summed E-state index contributed by atoms with van der Waals surface area (Å²) in [4.78, 5) is 11.4. The van der Waals surface area contributed by atoms with Gasteiger partial charge in [-0.05, 0) is 19.3 Å². The van der Waals surface area contributed by atoms with Crippen molar-refractivity contribution in [3.8, 4) is 0 Å². The minimum Gasteiger partial charge on any atom is -0.432 e. The average molecular weight is 244 g/mol. The number of carbonyl (C=O) groups is 1. The molecule has 17 heavy (non-hydrogen) atoms. The van der Waals surface area contributed by atoms with Crippen molar-refractivity contribution in [2.24, 2.45) is 0 Å². The molecular formula is C12H20O5. The molecule has 0 amide bonds. The highest BCUT2D eigenvalue weighted by Crippen LogP contribution is 2.14. The van der Waals surface area contributed by atoms with E-state index in [-0.39, 0.29) is 12.2 Å². The molecule has 0 saturated carbocycles. The van der Waals surface area contributed by atoms with E-state index in [1.54, 1.807) is 0 Å². The fourth-order valence-corrected chi connectivity index (χ4v) is 2.06. The van der Waals surface area contributed by atoms with Crippen molar-refractivity contribution in [2.75, 3.05) is 26.4 Å². The predicted molar refractivity (Wildman–Crippen MR) is 59.9 cm³/mol. The Morgan fingerprint density at radius 3 is 2.65 bits per heavy atom. The second-order valence-electron chi connectivity index (χ2n) is 4.48. The van der Waals surface area contributed by atoms with E-state index in [1.165, 1.54) is 0 Å². The topological polar surface area (TPSA) is 54.0 Å². The summed E-state index contributed by atoms with van der Waals surface area (Å²) in [6, 6.07) is 0. The van der Waals surface area contributed by atoms with Crippen molar-refractivity contribution in [1.82, 2.24) is 0 Å². The van der Waals surface area contributed by atoms with Gasteiger partial charge in [-0.1, -0.05) is 0 Å². The van der Waals surface area contributed by atoms with E-state index in [0.29, 0.717) is 19.8 Å². The van der Waals surface area contributed by atoms with E-state index in [4.69, 9.17) is 18.9 Å². The molecule has 0 aromatic carbocycles. The smallest absolute Gasteiger partial charge is 0.432 e. The molecule has 2 rings (SSSR count). The van der Waals surface area contributed by atoms with Crippen molar-refractivity contribution in [3.05, 3.63) is 0 Å². The van der Waals surface area contributed by atoms with Crippen LogP contribution in [0.4, 0.5) is 4.79 Å². The molecule has 0 radical (unpaired) electrons. The van der Waals surface area contributed by atoms with Crippen LogP contribution in [0.2, 0.25) is 0 Å². The van der Waals surface area contributed by atoms with Crippen LogP contribution in [0.3, 0.4) is 0 Å². The largest absolute Gasteiger partial charge is 0.508 e. The van der Waals surface area contributed by atoms with Gasteiger partial charge in [-0.25, -0.2) is 4.79 Å².